The van der Waals surface area contributed by atoms with Crippen molar-refractivity contribution in [3.05, 3.63) is 12.1 Å². The fraction of sp³-hybridized carbons (Fsp3) is 0.526. The van der Waals surface area contributed by atoms with Crippen molar-refractivity contribution in [1.82, 2.24) is 20.0 Å². The maximum atomic E-state index is 12.3. The van der Waals surface area contributed by atoms with Gasteiger partial charge in [0, 0.05) is 31.7 Å². The van der Waals surface area contributed by atoms with Crippen LogP contribution in [0, 0.1) is 0 Å². The van der Waals surface area contributed by atoms with Gasteiger partial charge in [-0.1, -0.05) is 11.3 Å². The van der Waals surface area contributed by atoms with E-state index in [1.54, 1.807) is 14.2 Å². The molecule has 1 amide bonds. The van der Waals surface area contributed by atoms with Gasteiger partial charge in [-0.2, -0.15) is 0 Å². The number of nitrogens with one attached hydrogen (secondary N) is 1. The highest BCUT2D eigenvalue weighted by Gasteiger charge is 2.19. The van der Waals surface area contributed by atoms with Crippen molar-refractivity contribution in [3.8, 4) is 27.8 Å². The van der Waals surface area contributed by atoms with Gasteiger partial charge in [-0.3, -0.25) is 15.0 Å². The summed E-state index contributed by atoms with van der Waals surface area (Å²) in [5.41, 5.74) is 0.777. The Hall–Kier alpha value is -1.56. The lowest BCUT2D eigenvalue weighted by Gasteiger charge is -2.31. The zero-order chi connectivity index (χ0) is 20.8. The van der Waals surface area contributed by atoms with Gasteiger partial charge in [0.05, 0.1) is 27.4 Å². The number of methoxy groups -OCH3 is 2. The molecule has 32 heavy (non-hydrogen) atoms. The SMILES string of the molecule is CCOc1c(OC)cc(-c2nnc(NC(=O)CN3CCN(C)CC3)s2)cc1OC.Cl.Cl.Cl. The van der Waals surface area contributed by atoms with Crippen LogP contribution in [-0.4, -0.2) is 86.5 Å². The van der Waals surface area contributed by atoms with Crippen LogP contribution in [0.4, 0.5) is 5.13 Å². The minimum absolute atomic E-state index is 0. The maximum Gasteiger partial charge on any atom is 0.240 e. The molecule has 1 aliphatic rings. The molecular weight excluding hydrogens is 501 g/mol. The summed E-state index contributed by atoms with van der Waals surface area (Å²) in [6, 6.07) is 3.65. The first-order valence-electron chi connectivity index (χ1n) is 9.47. The molecule has 1 aromatic carbocycles. The first kappa shape index (κ1) is 30.4. The summed E-state index contributed by atoms with van der Waals surface area (Å²) >= 11 is 1.30. The maximum absolute atomic E-state index is 12.3. The monoisotopic (exact) mass is 529 g/mol. The summed E-state index contributed by atoms with van der Waals surface area (Å²) in [6.07, 6.45) is 0. The fourth-order valence-corrected chi connectivity index (χ4v) is 3.80. The van der Waals surface area contributed by atoms with E-state index in [9.17, 15) is 4.79 Å². The van der Waals surface area contributed by atoms with Gasteiger partial charge in [0.25, 0.3) is 0 Å². The van der Waals surface area contributed by atoms with E-state index in [-0.39, 0.29) is 43.1 Å². The normalized spacial score (nSPS) is 13.8. The third-order valence-electron chi connectivity index (χ3n) is 4.63. The number of benzene rings is 1. The Kier molecular flexibility index (Phi) is 13.9. The lowest BCUT2D eigenvalue weighted by Crippen LogP contribution is -2.47. The predicted molar refractivity (Wildman–Crippen MR) is 134 cm³/mol. The summed E-state index contributed by atoms with van der Waals surface area (Å²) in [5, 5.41) is 12.3. The van der Waals surface area contributed by atoms with Crippen molar-refractivity contribution in [3.63, 3.8) is 0 Å². The van der Waals surface area contributed by atoms with Gasteiger partial charge in [-0.15, -0.1) is 47.4 Å². The zero-order valence-corrected chi connectivity index (χ0v) is 21.7. The average molecular weight is 531 g/mol. The first-order chi connectivity index (χ1) is 14.0. The molecule has 0 aliphatic carbocycles. The molecule has 0 saturated carbocycles. The van der Waals surface area contributed by atoms with Gasteiger partial charge >= 0.3 is 0 Å². The van der Waals surface area contributed by atoms with Gasteiger partial charge in [0.15, 0.2) is 11.5 Å². The van der Waals surface area contributed by atoms with Gasteiger partial charge in [0.1, 0.15) is 5.01 Å². The van der Waals surface area contributed by atoms with E-state index in [2.05, 4.69) is 32.4 Å². The average Bonchev–Trinajstić information content (AvgIpc) is 3.18. The Morgan fingerprint density at radius 1 is 1.06 bits per heavy atom. The molecule has 3 rings (SSSR count). The van der Waals surface area contributed by atoms with Crippen LogP contribution in [0.3, 0.4) is 0 Å². The third kappa shape index (κ3) is 7.79. The van der Waals surface area contributed by atoms with Crippen molar-refractivity contribution in [2.45, 2.75) is 6.92 Å². The van der Waals surface area contributed by atoms with Crippen molar-refractivity contribution >= 4 is 59.6 Å². The number of aromatic nitrogens is 2. The number of amides is 1. The molecular formula is C19H30Cl3N5O4S. The number of rotatable bonds is 8. The molecule has 13 heteroatoms. The summed E-state index contributed by atoms with van der Waals surface area (Å²) in [5.74, 6) is 1.57. The summed E-state index contributed by atoms with van der Waals surface area (Å²) in [4.78, 5) is 16.7. The van der Waals surface area contributed by atoms with Crippen LogP contribution < -0.4 is 19.5 Å². The van der Waals surface area contributed by atoms with Crippen molar-refractivity contribution in [2.75, 3.05) is 65.9 Å². The highest BCUT2D eigenvalue weighted by Crippen LogP contribution is 2.42. The number of likely N-dealkylation sites (N-methyl/N-ethyl adjacent to an activating group) is 1. The Morgan fingerprint density at radius 3 is 2.19 bits per heavy atom. The van der Waals surface area contributed by atoms with Crippen LogP contribution in [0.25, 0.3) is 10.6 Å². The minimum Gasteiger partial charge on any atom is -0.493 e. The predicted octanol–water partition coefficient (Wildman–Crippen LogP) is 3.07. The number of nitrogens with zero attached hydrogens (tertiary/aromatic N) is 4. The Balaban J connectivity index is 0.00000320. The standard InChI is InChI=1S/C19H27N5O4S.3ClH/c1-5-28-17-14(26-3)10-13(11-15(17)27-4)18-21-22-19(29-18)20-16(25)12-24-8-6-23(2)7-9-24;;;/h10-11H,5-9,12H2,1-4H3,(H,20,22,25);3*1H. The van der Waals surface area contributed by atoms with Gasteiger partial charge in [0.2, 0.25) is 16.8 Å². The third-order valence-corrected chi connectivity index (χ3v) is 5.52. The van der Waals surface area contributed by atoms with Crippen LogP contribution in [-0.2, 0) is 4.79 Å². The van der Waals surface area contributed by atoms with E-state index >= 15 is 0 Å². The number of hydrogen-bond acceptors (Lipinski definition) is 9. The molecule has 2 aromatic rings. The van der Waals surface area contributed by atoms with E-state index in [0.717, 1.165) is 31.7 Å². The molecule has 1 fully saturated rings. The van der Waals surface area contributed by atoms with E-state index in [0.29, 0.717) is 40.5 Å². The van der Waals surface area contributed by atoms with Crippen LogP contribution >= 0.6 is 48.6 Å². The Labute approximate surface area is 211 Å². The smallest absolute Gasteiger partial charge is 0.240 e. The van der Waals surface area contributed by atoms with E-state index in [1.807, 2.05) is 19.1 Å². The number of piperazine rings is 1. The largest absolute Gasteiger partial charge is 0.493 e. The second kappa shape index (κ2) is 14.6. The topological polar surface area (TPSA) is 89.0 Å². The van der Waals surface area contributed by atoms with Crippen molar-refractivity contribution in [2.24, 2.45) is 0 Å². The number of carbonyl (C=O) groups excluding carboxylic acids is 1. The first-order valence-corrected chi connectivity index (χ1v) is 10.3. The Bertz CT molecular complexity index is 825. The number of halogens is 3. The van der Waals surface area contributed by atoms with Gasteiger partial charge in [-0.25, -0.2) is 0 Å². The van der Waals surface area contributed by atoms with Gasteiger partial charge in [-0.05, 0) is 26.1 Å². The summed E-state index contributed by atoms with van der Waals surface area (Å²) < 4.78 is 16.5. The summed E-state index contributed by atoms with van der Waals surface area (Å²) in [7, 11) is 5.24. The molecule has 2 heterocycles. The Morgan fingerprint density at radius 2 is 1.66 bits per heavy atom. The lowest BCUT2D eigenvalue weighted by atomic mass is 10.2. The van der Waals surface area contributed by atoms with Crippen molar-refractivity contribution in [1.29, 1.82) is 0 Å². The minimum atomic E-state index is -0.0842. The molecule has 0 bridgehead atoms. The highest BCUT2D eigenvalue weighted by atomic mass is 35.5. The number of carbonyl (C=O) groups is 1. The van der Waals surface area contributed by atoms with Crippen LogP contribution in [0.5, 0.6) is 17.2 Å². The summed E-state index contributed by atoms with van der Waals surface area (Å²) in [6.45, 7) is 6.46. The molecule has 0 radical (unpaired) electrons. The van der Waals surface area contributed by atoms with E-state index < -0.39 is 0 Å². The fourth-order valence-electron chi connectivity index (χ4n) is 3.05. The molecule has 1 aliphatic heterocycles. The van der Waals surface area contributed by atoms with Gasteiger partial charge < -0.3 is 19.1 Å². The highest BCUT2D eigenvalue weighted by molar-refractivity contribution is 7.18. The van der Waals surface area contributed by atoms with E-state index in [4.69, 9.17) is 14.2 Å². The van der Waals surface area contributed by atoms with Crippen molar-refractivity contribution < 1.29 is 19.0 Å². The van der Waals surface area contributed by atoms with Crippen LogP contribution in [0.1, 0.15) is 6.92 Å². The zero-order valence-electron chi connectivity index (χ0n) is 18.5. The molecule has 0 spiro atoms. The molecule has 1 saturated heterocycles. The van der Waals surface area contributed by atoms with Crippen LogP contribution in [0.2, 0.25) is 0 Å². The van der Waals surface area contributed by atoms with E-state index in [1.165, 1.54) is 11.3 Å². The number of hydrogen-bond donors (Lipinski definition) is 1. The van der Waals surface area contributed by atoms with Crippen LogP contribution in [0.15, 0.2) is 12.1 Å². The molecule has 0 unspecified atom stereocenters. The number of anilines is 1. The molecule has 1 N–H and O–H groups in total. The molecule has 9 nitrogen and oxygen atoms in total. The molecule has 0 atom stereocenters. The molecule has 182 valence electrons. The quantitative estimate of drug-likeness (QED) is 0.557. The second-order valence-electron chi connectivity index (χ2n) is 6.68. The molecule has 1 aromatic heterocycles. The number of ether oxygens (including phenoxy) is 3. The lowest BCUT2D eigenvalue weighted by molar-refractivity contribution is -0.117. The second-order valence-corrected chi connectivity index (χ2v) is 7.66.